The predicted molar refractivity (Wildman–Crippen MR) is 72.2 cm³/mol. The minimum atomic E-state index is 0.196. The molecular formula is C13H26N4O. The van der Waals surface area contributed by atoms with E-state index < -0.39 is 0 Å². The topological polar surface area (TPSA) is 63.0 Å². The lowest BCUT2D eigenvalue weighted by atomic mass is 10.1. The lowest BCUT2D eigenvalue weighted by Crippen LogP contribution is -2.25. The fourth-order valence-corrected chi connectivity index (χ4v) is 1.84. The number of nitrogens with zero attached hydrogens (tertiary/aromatic N) is 3. The summed E-state index contributed by atoms with van der Waals surface area (Å²) in [6.45, 7) is 6.14. The van der Waals surface area contributed by atoms with Gasteiger partial charge in [-0.3, -0.25) is 4.68 Å². The van der Waals surface area contributed by atoms with Crippen LogP contribution in [0.2, 0.25) is 0 Å². The molecule has 5 heteroatoms. The zero-order valence-corrected chi connectivity index (χ0v) is 11.6. The average molecular weight is 254 g/mol. The van der Waals surface area contributed by atoms with Crippen LogP contribution in [0.5, 0.6) is 0 Å². The molecule has 18 heavy (non-hydrogen) atoms. The van der Waals surface area contributed by atoms with Crippen molar-refractivity contribution >= 4 is 0 Å². The van der Waals surface area contributed by atoms with E-state index in [2.05, 4.69) is 29.5 Å². The van der Waals surface area contributed by atoms with Crippen molar-refractivity contribution < 1.29 is 5.11 Å². The molecule has 0 aliphatic rings. The van der Waals surface area contributed by atoms with Crippen molar-refractivity contribution in [3.63, 3.8) is 0 Å². The Kier molecular flexibility index (Phi) is 7.60. The van der Waals surface area contributed by atoms with Crippen LogP contribution in [-0.4, -0.2) is 32.7 Å². The average Bonchev–Trinajstić information content (AvgIpc) is 2.82. The van der Waals surface area contributed by atoms with Crippen LogP contribution in [0.4, 0.5) is 0 Å². The first-order valence-corrected chi connectivity index (χ1v) is 6.99. The SMILES string of the molecule is CCCCCC(C)NCc1cn(CCCO)nn1. The maximum absolute atomic E-state index is 8.74. The first-order valence-electron chi connectivity index (χ1n) is 6.99. The van der Waals surface area contributed by atoms with Crippen LogP contribution in [0.3, 0.4) is 0 Å². The molecule has 1 unspecified atom stereocenters. The van der Waals surface area contributed by atoms with Gasteiger partial charge >= 0.3 is 0 Å². The van der Waals surface area contributed by atoms with E-state index in [0.717, 1.165) is 25.2 Å². The molecule has 0 amide bonds. The zero-order valence-electron chi connectivity index (χ0n) is 11.6. The fourth-order valence-electron chi connectivity index (χ4n) is 1.84. The third-order valence-electron chi connectivity index (χ3n) is 3.00. The predicted octanol–water partition coefficient (Wildman–Crippen LogP) is 1.72. The summed E-state index contributed by atoms with van der Waals surface area (Å²) in [7, 11) is 0. The van der Waals surface area contributed by atoms with Gasteiger partial charge in [0.15, 0.2) is 0 Å². The van der Waals surface area contributed by atoms with Gasteiger partial charge in [-0.15, -0.1) is 5.10 Å². The van der Waals surface area contributed by atoms with Gasteiger partial charge in [0, 0.05) is 31.9 Å². The molecule has 0 spiro atoms. The van der Waals surface area contributed by atoms with Crippen LogP contribution in [0.25, 0.3) is 0 Å². The monoisotopic (exact) mass is 254 g/mol. The van der Waals surface area contributed by atoms with Crippen LogP contribution >= 0.6 is 0 Å². The molecule has 0 aliphatic carbocycles. The highest BCUT2D eigenvalue weighted by molar-refractivity contribution is 4.91. The third-order valence-corrected chi connectivity index (χ3v) is 3.00. The van der Waals surface area contributed by atoms with Gasteiger partial charge in [0.2, 0.25) is 0 Å². The Morgan fingerprint density at radius 3 is 2.94 bits per heavy atom. The number of aryl methyl sites for hydroxylation is 1. The van der Waals surface area contributed by atoms with Crippen molar-refractivity contribution in [2.75, 3.05) is 6.61 Å². The minimum Gasteiger partial charge on any atom is -0.396 e. The fraction of sp³-hybridized carbons (Fsp3) is 0.846. The Morgan fingerprint density at radius 2 is 2.22 bits per heavy atom. The van der Waals surface area contributed by atoms with Crippen molar-refractivity contribution in [2.45, 2.75) is 65.1 Å². The Hall–Kier alpha value is -0.940. The van der Waals surface area contributed by atoms with E-state index in [-0.39, 0.29) is 6.61 Å². The number of aliphatic hydroxyl groups excluding tert-OH is 1. The molecule has 1 aromatic heterocycles. The molecule has 5 nitrogen and oxygen atoms in total. The molecule has 0 fully saturated rings. The van der Waals surface area contributed by atoms with Gasteiger partial charge < -0.3 is 10.4 Å². The lowest BCUT2D eigenvalue weighted by molar-refractivity contribution is 0.276. The van der Waals surface area contributed by atoms with E-state index >= 15 is 0 Å². The summed E-state index contributed by atoms with van der Waals surface area (Å²) < 4.78 is 1.79. The molecule has 104 valence electrons. The van der Waals surface area contributed by atoms with Crippen LogP contribution < -0.4 is 5.32 Å². The van der Waals surface area contributed by atoms with Gasteiger partial charge in [0.25, 0.3) is 0 Å². The first kappa shape index (κ1) is 15.1. The molecule has 1 heterocycles. The molecule has 0 saturated heterocycles. The van der Waals surface area contributed by atoms with Gasteiger partial charge in [-0.05, 0) is 19.8 Å². The smallest absolute Gasteiger partial charge is 0.0964 e. The second kappa shape index (κ2) is 9.05. The van der Waals surface area contributed by atoms with Crippen LogP contribution in [-0.2, 0) is 13.1 Å². The zero-order chi connectivity index (χ0) is 13.2. The number of aromatic nitrogens is 3. The van der Waals surface area contributed by atoms with Crippen molar-refractivity contribution in [3.05, 3.63) is 11.9 Å². The maximum Gasteiger partial charge on any atom is 0.0964 e. The molecule has 1 rings (SSSR count). The normalized spacial score (nSPS) is 12.8. The van der Waals surface area contributed by atoms with Crippen LogP contribution in [0, 0.1) is 0 Å². The molecule has 0 aliphatic heterocycles. The molecule has 0 radical (unpaired) electrons. The van der Waals surface area contributed by atoms with E-state index in [1.165, 1.54) is 25.7 Å². The third kappa shape index (κ3) is 6.12. The minimum absolute atomic E-state index is 0.196. The lowest BCUT2D eigenvalue weighted by Gasteiger charge is -2.11. The van der Waals surface area contributed by atoms with Gasteiger partial charge in [-0.25, -0.2) is 0 Å². The maximum atomic E-state index is 8.74. The summed E-state index contributed by atoms with van der Waals surface area (Å²) in [4.78, 5) is 0. The summed E-state index contributed by atoms with van der Waals surface area (Å²) in [5.74, 6) is 0. The highest BCUT2D eigenvalue weighted by Crippen LogP contribution is 2.03. The Labute approximate surface area is 110 Å². The van der Waals surface area contributed by atoms with E-state index in [4.69, 9.17) is 5.11 Å². The second-order valence-corrected chi connectivity index (χ2v) is 4.83. The van der Waals surface area contributed by atoms with Crippen LogP contribution in [0.15, 0.2) is 6.20 Å². The van der Waals surface area contributed by atoms with Crippen molar-refractivity contribution in [3.8, 4) is 0 Å². The van der Waals surface area contributed by atoms with Gasteiger partial charge in [0.1, 0.15) is 0 Å². The summed E-state index contributed by atoms with van der Waals surface area (Å²) in [5.41, 5.74) is 0.968. The number of rotatable bonds is 10. The highest BCUT2D eigenvalue weighted by Gasteiger charge is 2.04. The first-order chi connectivity index (χ1) is 8.76. The van der Waals surface area contributed by atoms with Gasteiger partial charge in [0.05, 0.1) is 5.69 Å². The van der Waals surface area contributed by atoms with E-state index in [9.17, 15) is 0 Å². The Balaban J connectivity index is 2.19. The van der Waals surface area contributed by atoms with Crippen molar-refractivity contribution in [1.82, 2.24) is 20.3 Å². The molecule has 0 saturated carbocycles. The largest absolute Gasteiger partial charge is 0.396 e. The molecule has 1 atom stereocenters. The van der Waals surface area contributed by atoms with Crippen LogP contribution in [0.1, 0.15) is 51.6 Å². The number of hydrogen-bond acceptors (Lipinski definition) is 4. The molecule has 1 aromatic rings. The standard InChI is InChI=1S/C13H26N4O/c1-3-4-5-7-12(2)14-10-13-11-17(16-15-13)8-6-9-18/h11-12,14,18H,3-10H2,1-2H3. The van der Waals surface area contributed by atoms with Crippen molar-refractivity contribution in [2.24, 2.45) is 0 Å². The second-order valence-electron chi connectivity index (χ2n) is 4.83. The molecule has 0 aromatic carbocycles. The number of hydrogen-bond donors (Lipinski definition) is 2. The molecule has 0 bridgehead atoms. The quantitative estimate of drug-likeness (QED) is 0.624. The molecular weight excluding hydrogens is 228 g/mol. The highest BCUT2D eigenvalue weighted by atomic mass is 16.3. The number of nitrogens with one attached hydrogen (secondary N) is 1. The summed E-state index contributed by atoms with van der Waals surface area (Å²) >= 11 is 0. The van der Waals surface area contributed by atoms with Gasteiger partial charge in [-0.1, -0.05) is 31.4 Å². The Bertz CT molecular complexity index is 314. The number of aliphatic hydroxyl groups is 1. The van der Waals surface area contributed by atoms with Gasteiger partial charge in [-0.2, -0.15) is 0 Å². The van der Waals surface area contributed by atoms with E-state index in [1.807, 2.05) is 6.20 Å². The Morgan fingerprint density at radius 1 is 1.39 bits per heavy atom. The van der Waals surface area contributed by atoms with E-state index in [1.54, 1.807) is 4.68 Å². The summed E-state index contributed by atoms with van der Waals surface area (Å²) in [6, 6.07) is 0.527. The van der Waals surface area contributed by atoms with E-state index in [0.29, 0.717) is 6.04 Å². The molecule has 2 N–H and O–H groups in total. The number of unbranched alkanes of at least 4 members (excludes halogenated alkanes) is 2. The summed E-state index contributed by atoms with van der Waals surface area (Å²) in [6.07, 6.45) is 7.75. The van der Waals surface area contributed by atoms with Crippen molar-refractivity contribution in [1.29, 1.82) is 0 Å². The summed E-state index contributed by atoms with van der Waals surface area (Å²) in [5, 5.41) is 20.3.